The van der Waals surface area contributed by atoms with Crippen LogP contribution in [0.5, 0.6) is 5.75 Å². The SMILES string of the molecule is CCCCc1cnc(-c2ccc(OC)cc2)c(N2CCC(C(=O)O)C(F)(F)C2)n1. The molecule has 1 aliphatic heterocycles. The summed E-state index contributed by atoms with van der Waals surface area (Å²) in [5.74, 6) is -5.45. The van der Waals surface area contributed by atoms with E-state index in [4.69, 9.17) is 9.84 Å². The largest absolute Gasteiger partial charge is 0.497 e. The van der Waals surface area contributed by atoms with Crippen molar-refractivity contribution in [3.05, 3.63) is 36.2 Å². The fraction of sp³-hybridized carbons (Fsp3) is 0.476. The second-order valence-electron chi connectivity index (χ2n) is 7.23. The number of aliphatic carboxylic acids is 1. The van der Waals surface area contributed by atoms with Gasteiger partial charge in [0.05, 0.1) is 19.3 Å². The molecule has 1 aliphatic rings. The summed E-state index contributed by atoms with van der Waals surface area (Å²) in [6.45, 7) is 1.55. The molecule has 6 nitrogen and oxygen atoms in total. The number of ether oxygens (including phenoxy) is 1. The zero-order chi connectivity index (χ0) is 21.0. The molecule has 8 heteroatoms. The summed E-state index contributed by atoms with van der Waals surface area (Å²) in [5, 5.41) is 9.12. The molecule has 156 valence electrons. The molecule has 0 saturated carbocycles. The van der Waals surface area contributed by atoms with Gasteiger partial charge in [-0.1, -0.05) is 13.3 Å². The summed E-state index contributed by atoms with van der Waals surface area (Å²) < 4.78 is 34.2. The third-order valence-corrected chi connectivity index (χ3v) is 5.15. The molecule has 1 aromatic carbocycles. The Bertz CT molecular complexity index is 859. The number of carbonyl (C=O) groups is 1. The molecule has 0 aliphatic carbocycles. The van der Waals surface area contributed by atoms with Gasteiger partial charge >= 0.3 is 5.97 Å². The van der Waals surface area contributed by atoms with E-state index in [9.17, 15) is 13.6 Å². The number of halogens is 2. The maximum absolute atomic E-state index is 14.5. The highest BCUT2D eigenvalue weighted by atomic mass is 19.3. The third kappa shape index (κ3) is 4.63. The van der Waals surface area contributed by atoms with Gasteiger partial charge in [0.2, 0.25) is 0 Å². The minimum atomic E-state index is -3.34. The number of unbranched alkanes of at least 4 members (excludes halogenated alkanes) is 1. The number of alkyl halides is 2. The molecule has 0 bridgehead atoms. The number of nitrogens with zero attached hydrogens (tertiary/aromatic N) is 3. The lowest BCUT2D eigenvalue weighted by atomic mass is 9.92. The Balaban J connectivity index is 1.98. The first kappa shape index (κ1) is 21.0. The molecular formula is C21H25F2N3O3. The molecule has 1 aromatic heterocycles. The number of benzene rings is 1. The molecule has 29 heavy (non-hydrogen) atoms. The Morgan fingerprint density at radius 3 is 2.66 bits per heavy atom. The number of hydrogen-bond acceptors (Lipinski definition) is 5. The summed E-state index contributed by atoms with van der Waals surface area (Å²) in [7, 11) is 1.57. The van der Waals surface area contributed by atoms with Crippen molar-refractivity contribution in [1.82, 2.24) is 9.97 Å². The molecule has 0 spiro atoms. The van der Waals surface area contributed by atoms with Crippen molar-refractivity contribution in [3.63, 3.8) is 0 Å². The minimum Gasteiger partial charge on any atom is -0.497 e. The van der Waals surface area contributed by atoms with E-state index in [-0.39, 0.29) is 13.0 Å². The number of carboxylic acid groups (broad SMARTS) is 1. The highest BCUT2D eigenvalue weighted by Crippen LogP contribution is 2.37. The van der Waals surface area contributed by atoms with E-state index in [1.54, 1.807) is 37.6 Å². The van der Waals surface area contributed by atoms with Crippen LogP contribution in [-0.2, 0) is 11.2 Å². The highest BCUT2D eigenvalue weighted by Gasteiger charge is 2.49. The highest BCUT2D eigenvalue weighted by molar-refractivity contribution is 5.75. The monoisotopic (exact) mass is 405 g/mol. The van der Waals surface area contributed by atoms with Crippen molar-refractivity contribution in [2.45, 2.75) is 38.5 Å². The van der Waals surface area contributed by atoms with E-state index in [1.165, 1.54) is 4.90 Å². The van der Waals surface area contributed by atoms with E-state index < -0.39 is 24.4 Å². The van der Waals surface area contributed by atoms with Crippen LogP contribution in [0.25, 0.3) is 11.3 Å². The van der Waals surface area contributed by atoms with Gasteiger partial charge in [-0.2, -0.15) is 0 Å². The Labute approximate surface area is 168 Å². The van der Waals surface area contributed by atoms with Gasteiger partial charge in [0.25, 0.3) is 5.92 Å². The first-order chi connectivity index (χ1) is 13.9. The van der Waals surface area contributed by atoms with Crippen molar-refractivity contribution in [1.29, 1.82) is 0 Å². The summed E-state index contributed by atoms with van der Waals surface area (Å²) in [4.78, 5) is 21.8. The van der Waals surface area contributed by atoms with Gasteiger partial charge in [-0.25, -0.2) is 13.8 Å². The Hall–Kier alpha value is -2.77. The van der Waals surface area contributed by atoms with E-state index in [0.29, 0.717) is 23.7 Å². The van der Waals surface area contributed by atoms with Gasteiger partial charge in [-0.05, 0) is 43.5 Å². The normalized spacial score (nSPS) is 18.5. The number of rotatable bonds is 7. The smallest absolute Gasteiger partial charge is 0.312 e. The zero-order valence-electron chi connectivity index (χ0n) is 16.6. The fourth-order valence-electron chi connectivity index (χ4n) is 3.49. The number of anilines is 1. The molecule has 0 amide bonds. The van der Waals surface area contributed by atoms with Crippen LogP contribution in [0.15, 0.2) is 30.5 Å². The molecule has 2 aromatic rings. The van der Waals surface area contributed by atoms with E-state index in [1.807, 2.05) is 0 Å². The lowest BCUT2D eigenvalue weighted by Gasteiger charge is -2.37. The van der Waals surface area contributed by atoms with Gasteiger partial charge in [-0.15, -0.1) is 0 Å². The van der Waals surface area contributed by atoms with Crippen molar-refractivity contribution >= 4 is 11.8 Å². The molecule has 0 radical (unpaired) electrons. The third-order valence-electron chi connectivity index (χ3n) is 5.15. The molecule has 1 fully saturated rings. The van der Waals surface area contributed by atoms with Crippen LogP contribution >= 0.6 is 0 Å². The van der Waals surface area contributed by atoms with Crippen molar-refractivity contribution < 1.29 is 23.4 Å². The molecule has 1 saturated heterocycles. The second-order valence-corrected chi connectivity index (χ2v) is 7.23. The fourth-order valence-corrected chi connectivity index (χ4v) is 3.49. The topological polar surface area (TPSA) is 75.5 Å². The Morgan fingerprint density at radius 2 is 2.07 bits per heavy atom. The van der Waals surface area contributed by atoms with E-state index in [0.717, 1.165) is 24.1 Å². The number of methoxy groups -OCH3 is 1. The maximum atomic E-state index is 14.5. The van der Waals surface area contributed by atoms with E-state index >= 15 is 0 Å². The van der Waals surface area contributed by atoms with Crippen molar-refractivity contribution in [3.8, 4) is 17.0 Å². The summed E-state index contributed by atoms with van der Waals surface area (Å²) in [6, 6.07) is 7.16. The van der Waals surface area contributed by atoms with Crippen LogP contribution < -0.4 is 9.64 Å². The second kappa shape index (κ2) is 8.71. The van der Waals surface area contributed by atoms with Crippen molar-refractivity contribution in [2.24, 2.45) is 5.92 Å². The molecule has 2 heterocycles. The first-order valence-corrected chi connectivity index (χ1v) is 9.71. The zero-order valence-corrected chi connectivity index (χ0v) is 16.6. The van der Waals surface area contributed by atoms with Crippen molar-refractivity contribution in [2.75, 3.05) is 25.1 Å². The molecular weight excluding hydrogens is 380 g/mol. The van der Waals surface area contributed by atoms with Gasteiger partial charge in [-0.3, -0.25) is 9.78 Å². The van der Waals surface area contributed by atoms with Gasteiger partial charge in [0.15, 0.2) is 5.82 Å². The average Bonchev–Trinajstić information content (AvgIpc) is 2.71. The average molecular weight is 405 g/mol. The first-order valence-electron chi connectivity index (χ1n) is 9.71. The van der Waals surface area contributed by atoms with Gasteiger partial charge in [0.1, 0.15) is 17.4 Å². The lowest BCUT2D eigenvalue weighted by molar-refractivity contribution is -0.158. The van der Waals surface area contributed by atoms with Crippen LogP contribution in [0, 0.1) is 5.92 Å². The number of carboxylic acids is 1. The maximum Gasteiger partial charge on any atom is 0.312 e. The summed E-state index contributed by atoms with van der Waals surface area (Å²) in [5.41, 5.74) is 1.97. The lowest BCUT2D eigenvalue weighted by Crippen LogP contribution is -2.51. The van der Waals surface area contributed by atoms with Crippen LogP contribution in [0.1, 0.15) is 31.9 Å². The number of piperidine rings is 1. The summed E-state index contributed by atoms with van der Waals surface area (Å²) in [6.07, 6.45) is 4.15. The van der Waals surface area contributed by atoms with E-state index in [2.05, 4.69) is 16.9 Å². The van der Waals surface area contributed by atoms with Gasteiger partial charge < -0.3 is 14.7 Å². The Kier molecular flexibility index (Phi) is 6.30. The summed E-state index contributed by atoms with van der Waals surface area (Å²) >= 11 is 0. The number of aryl methyl sites for hydroxylation is 1. The number of hydrogen-bond donors (Lipinski definition) is 1. The number of aromatic nitrogens is 2. The molecule has 1 N–H and O–H groups in total. The predicted octanol–water partition coefficient (Wildman–Crippen LogP) is 4.04. The molecule has 3 rings (SSSR count). The van der Waals surface area contributed by atoms with Gasteiger partial charge in [0, 0.05) is 18.3 Å². The quantitative estimate of drug-likeness (QED) is 0.749. The Morgan fingerprint density at radius 1 is 1.34 bits per heavy atom. The van der Waals surface area contributed by atoms with Crippen LogP contribution in [0.4, 0.5) is 14.6 Å². The standard InChI is InChI=1S/C21H25F2N3O3/c1-3-4-5-15-12-24-18(14-6-8-16(29-2)9-7-14)19(25-15)26-11-10-17(20(27)28)21(22,23)13-26/h6-9,12,17H,3-5,10-11,13H2,1-2H3,(H,27,28). The van der Waals surface area contributed by atoms with Crippen LogP contribution in [0.3, 0.4) is 0 Å². The molecule has 1 unspecified atom stereocenters. The minimum absolute atomic E-state index is 0.148. The predicted molar refractivity (Wildman–Crippen MR) is 106 cm³/mol. The van der Waals surface area contributed by atoms with Crippen LogP contribution in [0.2, 0.25) is 0 Å². The molecule has 1 atom stereocenters. The van der Waals surface area contributed by atoms with Crippen LogP contribution in [-0.4, -0.2) is 47.2 Å².